The number of aromatic hydroxyl groups is 1. The van der Waals surface area contributed by atoms with Gasteiger partial charge in [0.2, 0.25) is 0 Å². The third kappa shape index (κ3) is 3.45. The highest BCUT2D eigenvalue weighted by atomic mass is 32.1. The van der Waals surface area contributed by atoms with Crippen LogP contribution in [0.15, 0.2) is 41.1 Å². The van der Waals surface area contributed by atoms with Crippen LogP contribution in [-0.4, -0.2) is 35.7 Å². The minimum Gasteiger partial charge on any atom is -0.508 e. The number of piperidine rings is 1. The van der Waals surface area contributed by atoms with Crippen molar-refractivity contribution in [1.29, 1.82) is 0 Å². The number of thiophene rings is 1. The second-order valence-corrected chi connectivity index (χ2v) is 7.98. The summed E-state index contributed by atoms with van der Waals surface area (Å²) in [6.07, 6.45) is 6.69. The molecule has 3 nitrogen and oxygen atoms in total. The summed E-state index contributed by atoms with van der Waals surface area (Å²) in [7, 11) is 0. The van der Waals surface area contributed by atoms with Crippen molar-refractivity contribution in [3.05, 3.63) is 41.1 Å². The maximum absolute atomic E-state index is 9.90. The first-order valence-electron chi connectivity index (χ1n) is 9.12. The molecule has 128 valence electrons. The number of phenols is 1. The lowest BCUT2D eigenvalue weighted by molar-refractivity contribution is 0.147. The quantitative estimate of drug-likeness (QED) is 0.841. The average molecular weight is 343 g/mol. The molecule has 24 heavy (non-hydrogen) atoms. The largest absolute Gasteiger partial charge is 0.508 e. The minimum absolute atomic E-state index is 0.343. The normalized spacial score (nSPS) is 20.0. The molecule has 2 aliphatic rings. The van der Waals surface area contributed by atoms with Crippen LogP contribution in [0.25, 0.3) is 0 Å². The van der Waals surface area contributed by atoms with Gasteiger partial charge in [-0.3, -0.25) is 0 Å². The highest BCUT2D eigenvalue weighted by Crippen LogP contribution is 2.35. The monoisotopic (exact) mass is 342 g/mol. The molecule has 0 spiro atoms. The van der Waals surface area contributed by atoms with E-state index in [1.807, 2.05) is 12.1 Å². The summed E-state index contributed by atoms with van der Waals surface area (Å²) in [6, 6.07) is 10.4. The van der Waals surface area contributed by atoms with Crippen LogP contribution in [0.4, 0.5) is 11.4 Å². The number of benzene rings is 1. The van der Waals surface area contributed by atoms with Crippen LogP contribution >= 0.6 is 11.3 Å². The summed E-state index contributed by atoms with van der Waals surface area (Å²) in [5.41, 5.74) is 2.36. The van der Waals surface area contributed by atoms with Crippen molar-refractivity contribution >= 4 is 22.7 Å². The van der Waals surface area contributed by atoms with Gasteiger partial charge in [-0.05, 0) is 55.2 Å². The summed E-state index contributed by atoms with van der Waals surface area (Å²) in [5, 5.41) is 14.2. The fraction of sp³-hybridized carbons (Fsp3) is 0.500. The topological polar surface area (TPSA) is 26.7 Å². The Morgan fingerprint density at radius 3 is 2.54 bits per heavy atom. The van der Waals surface area contributed by atoms with E-state index in [-0.39, 0.29) is 0 Å². The second-order valence-electron chi connectivity index (χ2n) is 7.20. The summed E-state index contributed by atoms with van der Waals surface area (Å²) >= 11 is 1.74. The molecule has 2 aromatic rings. The van der Waals surface area contributed by atoms with Crippen LogP contribution in [0.2, 0.25) is 0 Å². The van der Waals surface area contributed by atoms with Crippen molar-refractivity contribution in [2.75, 3.05) is 24.5 Å². The van der Waals surface area contributed by atoms with Gasteiger partial charge in [-0.2, -0.15) is 11.3 Å². The number of likely N-dealkylation sites (tertiary alicyclic amines) is 1. The molecule has 1 aromatic carbocycles. The molecule has 1 aliphatic heterocycles. The molecular formula is C20H26N2OS. The first-order valence-corrected chi connectivity index (χ1v) is 10.1. The maximum atomic E-state index is 9.90. The van der Waals surface area contributed by atoms with Gasteiger partial charge in [-0.25, -0.2) is 0 Å². The van der Waals surface area contributed by atoms with E-state index in [1.54, 1.807) is 17.4 Å². The zero-order valence-corrected chi connectivity index (χ0v) is 14.9. The Bertz CT molecular complexity index is 645. The van der Waals surface area contributed by atoms with E-state index in [4.69, 9.17) is 0 Å². The van der Waals surface area contributed by atoms with Gasteiger partial charge in [-0.15, -0.1) is 0 Å². The fourth-order valence-electron chi connectivity index (χ4n) is 4.01. The molecule has 4 heteroatoms. The van der Waals surface area contributed by atoms with Crippen LogP contribution in [0.3, 0.4) is 0 Å². The van der Waals surface area contributed by atoms with Crippen LogP contribution in [-0.2, 0) is 0 Å². The standard InChI is InChI=1S/C20H26N2OS/c23-20-6-2-5-18(13-20)22(19-9-12-24-15-19)17-7-10-21(11-8-17)14-16-3-1-4-16/h2,5-6,9,12-13,15-17,23H,1,3-4,7-8,10-11,14H2. The summed E-state index contributed by atoms with van der Waals surface area (Å²) in [6.45, 7) is 3.69. The Morgan fingerprint density at radius 1 is 1.08 bits per heavy atom. The fourth-order valence-corrected chi connectivity index (χ4v) is 4.64. The minimum atomic E-state index is 0.343. The Morgan fingerprint density at radius 2 is 1.92 bits per heavy atom. The molecule has 0 radical (unpaired) electrons. The van der Waals surface area contributed by atoms with Crippen LogP contribution in [0, 0.1) is 5.92 Å². The smallest absolute Gasteiger partial charge is 0.117 e. The van der Waals surface area contributed by atoms with E-state index in [0.29, 0.717) is 11.8 Å². The first-order chi connectivity index (χ1) is 11.8. The third-order valence-corrected chi connectivity index (χ3v) is 6.23. The van der Waals surface area contributed by atoms with E-state index in [2.05, 4.69) is 32.7 Å². The van der Waals surface area contributed by atoms with Crippen LogP contribution in [0.5, 0.6) is 5.75 Å². The van der Waals surface area contributed by atoms with Crippen LogP contribution < -0.4 is 4.90 Å². The summed E-state index contributed by atoms with van der Waals surface area (Å²) in [5.74, 6) is 1.30. The van der Waals surface area contributed by atoms with E-state index in [0.717, 1.165) is 11.6 Å². The van der Waals surface area contributed by atoms with Crippen molar-refractivity contribution < 1.29 is 5.11 Å². The highest BCUT2D eigenvalue weighted by Gasteiger charge is 2.28. The van der Waals surface area contributed by atoms with E-state index in [9.17, 15) is 5.11 Å². The lowest BCUT2D eigenvalue weighted by Crippen LogP contribution is -2.45. The van der Waals surface area contributed by atoms with Gasteiger partial charge in [0.25, 0.3) is 0 Å². The van der Waals surface area contributed by atoms with E-state index >= 15 is 0 Å². The van der Waals surface area contributed by atoms with Crippen molar-refractivity contribution in [3.63, 3.8) is 0 Å². The SMILES string of the molecule is Oc1cccc(N(c2ccsc2)C2CCN(CC3CCC3)CC2)c1. The molecule has 1 saturated carbocycles. The third-order valence-electron chi connectivity index (χ3n) is 5.56. The van der Waals surface area contributed by atoms with Gasteiger partial charge < -0.3 is 14.9 Å². The van der Waals surface area contributed by atoms with E-state index in [1.165, 1.54) is 57.4 Å². The average Bonchev–Trinajstić information content (AvgIpc) is 3.07. The van der Waals surface area contributed by atoms with Gasteiger partial charge in [0, 0.05) is 42.8 Å². The number of hydrogen-bond acceptors (Lipinski definition) is 4. The maximum Gasteiger partial charge on any atom is 0.117 e. The molecule has 2 heterocycles. The van der Waals surface area contributed by atoms with Crippen molar-refractivity contribution in [3.8, 4) is 5.75 Å². The van der Waals surface area contributed by atoms with Gasteiger partial charge in [-0.1, -0.05) is 12.5 Å². The Balaban J connectivity index is 1.48. The molecule has 0 bridgehead atoms. The zero-order valence-electron chi connectivity index (χ0n) is 14.1. The Hall–Kier alpha value is -1.52. The number of phenolic OH excluding ortho intramolecular Hbond substituents is 1. The molecule has 4 rings (SSSR count). The van der Waals surface area contributed by atoms with Gasteiger partial charge >= 0.3 is 0 Å². The number of anilines is 2. The number of hydrogen-bond donors (Lipinski definition) is 1. The summed E-state index contributed by atoms with van der Waals surface area (Å²) < 4.78 is 0. The molecule has 0 amide bonds. The molecule has 0 unspecified atom stereocenters. The van der Waals surface area contributed by atoms with Crippen molar-refractivity contribution in [2.24, 2.45) is 5.92 Å². The lowest BCUT2D eigenvalue weighted by atomic mass is 9.84. The molecule has 0 atom stereocenters. The zero-order chi connectivity index (χ0) is 16.4. The first kappa shape index (κ1) is 16.0. The molecule has 1 saturated heterocycles. The van der Waals surface area contributed by atoms with Crippen LogP contribution in [0.1, 0.15) is 32.1 Å². The number of rotatable bonds is 5. The molecule has 1 aromatic heterocycles. The number of nitrogens with zero attached hydrogens (tertiary/aromatic N) is 2. The van der Waals surface area contributed by atoms with Gasteiger partial charge in [0.1, 0.15) is 5.75 Å². The van der Waals surface area contributed by atoms with Crippen molar-refractivity contribution in [1.82, 2.24) is 4.90 Å². The highest BCUT2D eigenvalue weighted by molar-refractivity contribution is 7.08. The molecule has 1 aliphatic carbocycles. The lowest BCUT2D eigenvalue weighted by Gasteiger charge is -2.41. The van der Waals surface area contributed by atoms with Crippen molar-refractivity contribution in [2.45, 2.75) is 38.1 Å². The van der Waals surface area contributed by atoms with Gasteiger partial charge in [0.05, 0.1) is 5.69 Å². The second kappa shape index (κ2) is 7.16. The predicted molar refractivity (Wildman–Crippen MR) is 101 cm³/mol. The molecule has 2 fully saturated rings. The van der Waals surface area contributed by atoms with Gasteiger partial charge in [0.15, 0.2) is 0 Å². The molecule has 1 N–H and O–H groups in total. The van der Waals surface area contributed by atoms with E-state index < -0.39 is 0 Å². The molecular weight excluding hydrogens is 316 g/mol. The Kier molecular flexibility index (Phi) is 4.76. The predicted octanol–water partition coefficient (Wildman–Crippen LogP) is 4.86. The Labute approximate surface area is 148 Å². The summed E-state index contributed by atoms with van der Waals surface area (Å²) in [4.78, 5) is 5.09.